The van der Waals surface area contributed by atoms with Crippen LogP contribution in [-0.2, 0) is 19.1 Å². The normalized spacial score (nSPS) is 36.5. The maximum absolute atomic E-state index is 12.6. The molecule has 3 amide bonds. The molecule has 0 N–H and O–H groups in total. The number of halogens is 2. The van der Waals surface area contributed by atoms with Crippen molar-refractivity contribution in [1.82, 2.24) is 9.80 Å². The summed E-state index contributed by atoms with van der Waals surface area (Å²) in [5.41, 5.74) is 0. The molecule has 2 bridgehead atoms. The second-order valence-corrected chi connectivity index (χ2v) is 7.30. The van der Waals surface area contributed by atoms with Crippen LogP contribution in [0.2, 0.25) is 0 Å². The van der Waals surface area contributed by atoms with Crippen molar-refractivity contribution in [3.8, 4) is 0 Å². The molecule has 0 spiro atoms. The Bertz CT molecular complexity index is 565. The Morgan fingerprint density at radius 3 is 2.21 bits per heavy atom. The summed E-state index contributed by atoms with van der Waals surface area (Å²) >= 11 is 0. The van der Waals surface area contributed by atoms with Crippen molar-refractivity contribution in [2.75, 3.05) is 13.1 Å². The van der Waals surface area contributed by atoms with E-state index in [1.807, 2.05) is 0 Å². The number of likely N-dealkylation sites (tertiary alicyclic amines) is 2. The molecule has 0 saturated carbocycles. The van der Waals surface area contributed by atoms with Crippen LogP contribution >= 0.6 is 0 Å². The fourth-order valence-corrected chi connectivity index (χ4v) is 4.64. The molecular formula is C16H20F2N2O4. The number of hydrogen-bond donors (Lipinski definition) is 0. The second kappa shape index (κ2) is 5.47. The average molecular weight is 342 g/mol. The number of amides is 3. The number of fused-ring (bicyclic) bond motifs is 5. The second-order valence-electron chi connectivity index (χ2n) is 7.30. The first-order chi connectivity index (χ1) is 11.4. The van der Waals surface area contributed by atoms with Gasteiger partial charge in [-0.25, -0.2) is 8.78 Å². The van der Waals surface area contributed by atoms with Gasteiger partial charge in [0.05, 0.1) is 24.0 Å². The molecule has 0 aliphatic carbocycles. The van der Waals surface area contributed by atoms with Gasteiger partial charge < -0.3 is 9.64 Å². The van der Waals surface area contributed by atoms with Crippen molar-refractivity contribution >= 4 is 17.7 Å². The molecular weight excluding hydrogens is 322 g/mol. The monoisotopic (exact) mass is 342 g/mol. The zero-order chi connectivity index (χ0) is 17.2. The lowest BCUT2D eigenvalue weighted by Crippen LogP contribution is -2.57. The molecule has 0 aromatic rings. The summed E-state index contributed by atoms with van der Waals surface area (Å²) in [6.45, 7) is 2.08. The molecule has 0 aromatic carbocycles. The molecule has 4 fully saturated rings. The third kappa shape index (κ3) is 2.18. The lowest BCUT2D eigenvalue weighted by atomic mass is 9.81. The number of imide groups is 1. The van der Waals surface area contributed by atoms with Crippen LogP contribution in [0.15, 0.2) is 0 Å². The number of rotatable bonds is 4. The summed E-state index contributed by atoms with van der Waals surface area (Å²) in [4.78, 5) is 40.3. The highest BCUT2D eigenvalue weighted by Gasteiger charge is 2.63. The molecule has 0 radical (unpaired) electrons. The molecule has 5 unspecified atom stereocenters. The predicted octanol–water partition coefficient (Wildman–Crippen LogP) is 0.651. The highest BCUT2D eigenvalue weighted by molar-refractivity contribution is 6.09. The first kappa shape index (κ1) is 15.9. The van der Waals surface area contributed by atoms with Crippen molar-refractivity contribution < 1.29 is 27.9 Å². The van der Waals surface area contributed by atoms with E-state index in [0.29, 0.717) is 0 Å². The van der Waals surface area contributed by atoms with Crippen molar-refractivity contribution in [1.29, 1.82) is 0 Å². The molecule has 5 atom stereocenters. The van der Waals surface area contributed by atoms with Gasteiger partial charge in [-0.05, 0) is 25.7 Å². The molecule has 132 valence electrons. The van der Waals surface area contributed by atoms with Crippen LogP contribution in [0.1, 0.15) is 26.2 Å². The van der Waals surface area contributed by atoms with Crippen molar-refractivity contribution in [2.24, 2.45) is 17.8 Å². The lowest BCUT2D eigenvalue weighted by Gasteiger charge is -2.41. The first-order valence-electron chi connectivity index (χ1n) is 8.47. The summed E-state index contributed by atoms with van der Waals surface area (Å²) in [6.07, 6.45) is -1.44. The molecule has 6 nitrogen and oxygen atoms in total. The number of alkyl halides is 2. The van der Waals surface area contributed by atoms with E-state index < -0.39 is 24.3 Å². The minimum absolute atomic E-state index is 0.199. The van der Waals surface area contributed by atoms with Crippen molar-refractivity contribution in [2.45, 2.75) is 50.9 Å². The zero-order valence-electron chi connectivity index (χ0n) is 13.4. The average Bonchev–Trinajstić information content (AvgIpc) is 3.15. The SMILES string of the molecule is CC(C(=O)N1CC(CC(F)F)C1)N1C(=O)C2C3CCC(O3)C2C1=O. The van der Waals surface area contributed by atoms with E-state index in [2.05, 4.69) is 0 Å². The van der Waals surface area contributed by atoms with Gasteiger partial charge in [-0.2, -0.15) is 0 Å². The van der Waals surface area contributed by atoms with Gasteiger partial charge in [-0.3, -0.25) is 19.3 Å². The van der Waals surface area contributed by atoms with Gasteiger partial charge >= 0.3 is 0 Å². The summed E-state index contributed by atoms with van der Waals surface area (Å²) < 4.78 is 30.3. The fourth-order valence-electron chi connectivity index (χ4n) is 4.64. The van der Waals surface area contributed by atoms with Gasteiger partial charge in [0.1, 0.15) is 6.04 Å². The van der Waals surface area contributed by atoms with Gasteiger partial charge in [-0.1, -0.05) is 0 Å². The summed E-state index contributed by atoms with van der Waals surface area (Å²) in [7, 11) is 0. The molecule has 4 saturated heterocycles. The Balaban J connectivity index is 1.42. The molecule has 4 rings (SSSR count). The van der Waals surface area contributed by atoms with E-state index in [-0.39, 0.29) is 55.4 Å². The number of nitrogens with zero attached hydrogens (tertiary/aromatic N) is 2. The Morgan fingerprint density at radius 1 is 1.17 bits per heavy atom. The number of hydrogen-bond acceptors (Lipinski definition) is 4. The van der Waals surface area contributed by atoms with E-state index in [1.165, 1.54) is 4.90 Å². The maximum atomic E-state index is 12.6. The summed E-state index contributed by atoms with van der Waals surface area (Å²) in [5, 5.41) is 0. The minimum Gasteiger partial charge on any atom is -0.373 e. The van der Waals surface area contributed by atoms with E-state index >= 15 is 0 Å². The molecule has 4 aliphatic rings. The Hall–Kier alpha value is -1.57. The third-order valence-electron chi connectivity index (χ3n) is 5.84. The van der Waals surface area contributed by atoms with E-state index in [0.717, 1.165) is 17.7 Å². The van der Waals surface area contributed by atoms with E-state index in [1.54, 1.807) is 6.92 Å². The number of ether oxygens (including phenoxy) is 1. The highest BCUT2D eigenvalue weighted by atomic mass is 19.3. The Morgan fingerprint density at radius 2 is 1.71 bits per heavy atom. The number of carbonyl (C=O) groups excluding carboxylic acids is 3. The van der Waals surface area contributed by atoms with Crippen LogP contribution in [0.4, 0.5) is 8.78 Å². The smallest absolute Gasteiger partial charge is 0.245 e. The largest absolute Gasteiger partial charge is 0.373 e. The highest BCUT2D eigenvalue weighted by Crippen LogP contribution is 2.49. The van der Waals surface area contributed by atoms with Crippen LogP contribution in [0, 0.1) is 17.8 Å². The topological polar surface area (TPSA) is 66.9 Å². The fraction of sp³-hybridized carbons (Fsp3) is 0.812. The third-order valence-corrected chi connectivity index (χ3v) is 5.84. The van der Waals surface area contributed by atoms with E-state index in [4.69, 9.17) is 4.74 Å². The minimum atomic E-state index is -2.37. The van der Waals surface area contributed by atoms with Gasteiger partial charge in [0.2, 0.25) is 24.1 Å². The molecule has 24 heavy (non-hydrogen) atoms. The van der Waals surface area contributed by atoms with Crippen LogP contribution < -0.4 is 0 Å². The van der Waals surface area contributed by atoms with Crippen LogP contribution in [-0.4, -0.2) is 65.3 Å². The summed E-state index contributed by atoms with van der Waals surface area (Å²) in [6, 6.07) is -0.873. The van der Waals surface area contributed by atoms with Crippen LogP contribution in [0.5, 0.6) is 0 Å². The maximum Gasteiger partial charge on any atom is 0.245 e. The van der Waals surface area contributed by atoms with Crippen molar-refractivity contribution in [3.05, 3.63) is 0 Å². The standard InChI is InChI=1S/C16H20F2N2O4/c1-7(14(21)19-5-8(6-19)4-11(17)18)20-15(22)12-9-2-3-10(24-9)13(12)16(20)23/h7-13H,2-6H2,1H3. The summed E-state index contributed by atoms with van der Waals surface area (Å²) in [5.74, 6) is -2.07. The van der Waals surface area contributed by atoms with Crippen LogP contribution in [0.3, 0.4) is 0 Å². The first-order valence-corrected chi connectivity index (χ1v) is 8.47. The lowest BCUT2D eigenvalue weighted by molar-refractivity contribution is -0.156. The van der Waals surface area contributed by atoms with Gasteiger partial charge in [-0.15, -0.1) is 0 Å². The van der Waals surface area contributed by atoms with E-state index in [9.17, 15) is 23.2 Å². The molecule has 0 aromatic heterocycles. The molecule has 4 aliphatic heterocycles. The van der Waals surface area contributed by atoms with Gasteiger partial charge in [0.25, 0.3) is 0 Å². The Kier molecular flexibility index (Phi) is 3.63. The van der Waals surface area contributed by atoms with Crippen LogP contribution in [0.25, 0.3) is 0 Å². The Labute approximate surface area is 138 Å². The van der Waals surface area contributed by atoms with Crippen molar-refractivity contribution in [3.63, 3.8) is 0 Å². The number of carbonyl (C=O) groups is 3. The molecule has 4 heterocycles. The van der Waals surface area contributed by atoms with Gasteiger partial charge in [0, 0.05) is 19.5 Å². The molecule has 8 heteroatoms. The quantitative estimate of drug-likeness (QED) is 0.704. The van der Waals surface area contributed by atoms with Gasteiger partial charge in [0.15, 0.2) is 0 Å². The zero-order valence-corrected chi connectivity index (χ0v) is 13.4. The predicted molar refractivity (Wildman–Crippen MR) is 76.9 cm³/mol.